The zero-order valence-electron chi connectivity index (χ0n) is 57.8. The number of rotatable bonds is 9. The van der Waals surface area contributed by atoms with Crippen LogP contribution in [0.4, 0.5) is 13.2 Å². The summed E-state index contributed by atoms with van der Waals surface area (Å²) < 4.78 is 55.0. The van der Waals surface area contributed by atoms with Gasteiger partial charge in [0.1, 0.15) is 35.1 Å². The number of hydrogen-bond donors (Lipinski definition) is 6. The molecular formula is C78H90BBr2F3N7NaO6+. The standard InChI is InChI=1S/C20H22N2O.C20H18N2O.C14H17NO.C13H12N2O.C7H7Br.C2H3F3O.CH4O.CH4.B.BrH.Na.H/c2*1-14-20-18(17-9-8-16(23-2)12-19(17)21-20)10-11-22(14)13-15-6-4-3-5-7-15;1-9-4-3-5-12-11-7-6-10(16-2)8-13(11)15-14(9)12;1-8-13-11(5-6-14-8)10-4-3-9(16-2)7-12(10)15-13;8-6-7-4-2-1-3-5-7;3-2(4,5)1-6;1-2;;;;;/h3-9,12,14,21H,10-11,13H2,1-2H3;3-12H,13H2,1-2H3;6-9,15H,3-5H2,1-2H3;3-7,15H,1-2H3;1-5H,6H2;6H,1H2;2H,1H3;1H4;;1H;;/q;;;;;;;;;;+1;-1/p+1. The molecule has 1 aliphatic carbocycles. The second kappa shape index (κ2) is 38.7. The van der Waals surface area contributed by atoms with Crippen molar-refractivity contribution in [1.29, 1.82) is 0 Å². The maximum atomic E-state index is 10.5. The fourth-order valence-electron chi connectivity index (χ4n) is 12.3. The molecule has 7 aromatic carbocycles. The Balaban J connectivity index is 0.000000259. The third-order valence-electron chi connectivity index (χ3n) is 17.2. The molecule has 0 saturated carbocycles. The van der Waals surface area contributed by atoms with Gasteiger partial charge < -0.3 is 50.5 Å². The third kappa shape index (κ3) is 20.1. The van der Waals surface area contributed by atoms with Crippen LogP contribution in [0.5, 0.6) is 23.0 Å². The van der Waals surface area contributed by atoms with E-state index in [0.29, 0.717) is 12.0 Å². The van der Waals surface area contributed by atoms with Gasteiger partial charge in [0.2, 0.25) is 5.69 Å². The molecule has 6 aromatic heterocycles. The van der Waals surface area contributed by atoms with Crippen molar-refractivity contribution in [2.75, 3.05) is 48.7 Å². The summed E-state index contributed by atoms with van der Waals surface area (Å²) in [5.74, 6) is 4.24. The molecule has 2 atom stereocenters. The van der Waals surface area contributed by atoms with E-state index >= 15 is 0 Å². The number of aliphatic hydroxyl groups excluding tert-OH is 2. The molecule has 13 aromatic rings. The number of nitrogens with one attached hydrogen (secondary N) is 4. The van der Waals surface area contributed by atoms with Gasteiger partial charge in [-0.15, -0.1) is 17.0 Å². The Morgan fingerprint density at radius 3 is 1.48 bits per heavy atom. The van der Waals surface area contributed by atoms with E-state index in [1.165, 1.54) is 113 Å². The summed E-state index contributed by atoms with van der Waals surface area (Å²) in [6.45, 7) is 10.0. The maximum absolute atomic E-state index is 10.5. The van der Waals surface area contributed by atoms with Crippen LogP contribution in [0.2, 0.25) is 0 Å². The van der Waals surface area contributed by atoms with Gasteiger partial charge in [0.05, 0.1) is 50.7 Å². The molecule has 1 aliphatic heterocycles. The summed E-state index contributed by atoms with van der Waals surface area (Å²) >= 11 is 3.36. The minimum Gasteiger partial charge on any atom is -1.00 e. The van der Waals surface area contributed by atoms with Gasteiger partial charge in [-0.3, -0.25) is 9.88 Å². The molecule has 2 aliphatic rings. The van der Waals surface area contributed by atoms with E-state index in [9.17, 15) is 13.2 Å². The van der Waals surface area contributed by atoms with Crippen molar-refractivity contribution in [2.45, 2.75) is 97.4 Å². The van der Waals surface area contributed by atoms with Gasteiger partial charge in [0.25, 0.3) is 0 Å². The Kier molecular flexibility index (Phi) is 32.0. The fourth-order valence-corrected chi connectivity index (χ4v) is 12.6. The zero-order valence-corrected chi connectivity index (χ0v) is 62.1. The number of methoxy groups -OCH3 is 4. The molecule has 6 N–H and O–H groups in total. The Morgan fingerprint density at radius 1 is 0.582 bits per heavy atom. The first-order chi connectivity index (χ1) is 45.6. The van der Waals surface area contributed by atoms with Crippen LogP contribution in [-0.4, -0.2) is 103 Å². The average Bonchev–Trinajstić information content (AvgIpc) is 1.66. The summed E-state index contributed by atoms with van der Waals surface area (Å²) in [5.41, 5.74) is 18.9. The van der Waals surface area contributed by atoms with Gasteiger partial charge in [0, 0.05) is 144 Å². The topological polar surface area (TPSA) is 161 Å². The number of nitrogens with zero attached hydrogens (tertiary/aromatic N) is 3. The summed E-state index contributed by atoms with van der Waals surface area (Å²) in [4.78, 5) is 20.9. The number of aromatic amines is 4. The quantitative estimate of drug-likeness (QED) is 0.0473. The number of fused-ring (bicyclic) bond motifs is 12. The molecule has 3 radical (unpaired) electrons. The number of ether oxygens (including phenoxy) is 4. The smallest absolute Gasteiger partial charge is 1.00 e. The van der Waals surface area contributed by atoms with E-state index < -0.39 is 12.8 Å². The first kappa shape index (κ1) is 81.1. The molecule has 511 valence electrons. The minimum atomic E-state index is -4.40. The Morgan fingerprint density at radius 2 is 1.01 bits per heavy atom. The fraction of sp³-hybridized carbons (Fsp3) is 0.282. The van der Waals surface area contributed by atoms with Crippen molar-refractivity contribution in [2.24, 2.45) is 0 Å². The largest absolute Gasteiger partial charge is 1.00 e. The van der Waals surface area contributed by atoms with E-state index in [0.717, 1.165) is 83.7 Å². The second-order valence-corrected chi connectivity index (χ2v) is 23.7. The third-order valence-corrected chi connectivity index (χ3v) is 17.9. The van der Waals surface area contributed by atoms with E-state index in [2.05, 4.69) is 211 Å². The monoisotopic (exact) mass is 1470 g/mol. The van der Waals surface area contributed by atoms with Crippen molar-refractivity contribution in [1.82, 2.24) is 29.8 Å². The molecule has 98 heavy (non-hydrogen) atoms. The van der Waals surface area contributed by atoms with E-state index in [1.54, 1.807) is 28.4 Å². The van der Waals surface area contributed by atoms with Crippen molar-refractivity contribution in [3.8, 4) is 23.0 Å². The first-order valence-corrected chi connectivity index (χ1v) is 32.5. The van der Waals surface area contributed by atoms with Gasteiger partial charge in [-0.1, -0.05) is 121 Å². The molecular weight excluding hydrogens is 1380 g/mol. The zero-order chi connectivity index (χ0) is 66.9. The van der Waals surface area contributed by atoms with Crippen LogP contribution in [0.3, 0.4) is 0 Å². The molecule has 13 nitrogen and oxygen atoms in total. The van der Waals surface area contributed by atoms with Crippen LogP contribution in [-0.2, 0) is 31.3 Å². The van der Waals surface area contributed by atoms with Crippen molar-refractivity contribution in [3.05, 3.63) is 239 Å². The SMILES string of the molecule is Br.BrCc1ccccc1.C.CO.COc1ccc2c(c1)[nH]c1c(C)[n+](Cc3ccccc3)ccc12.COc1ccc2c(c1)[nH]c1c(C)nccc12.COc1ccc2c3c([nH]c2c1)C(C)CCC3.COc1ccc2c3c([nH]c2c1)C(C)N(Cc1ccccc1)CC3.OCC(F)(F)F.[B].[H-].[Na+]. The van der Waals surface area contributed by atoms with Gasteiger partial charge >= 0.3 is 35.7 Å². The summed E-state index contributed by atoms with van der Waals surface area (Å²) in [7, 11) is 7.81. The number of halogens is 5. The van der Waals surface area contributed by atoms with Crippen LogP contribution in [0.15, 0.2) is 188 Å². The average molecular weight is 1470 g/mol. The summed E-state index contributed by atoms with van der Waals surface area (Å²) in [5, 5.41) is 22.9. The van der Waals surface area contributed by atoms with Gasteiger partial charge in [-0.2, -0.15) is 17.7 Å². The molecule has 0 spiro atoms. The van der Waals surface area contributed by atoms with Crippen LogP contribution < -0.4 is 53.1 Å². The molecule has 0 saturated heterocycles. The normalized spacial score (nSPS) is 13.5. The minimum absolute atomic E-state index is 0. The van der Waals surface area contributed by atoms with Crippen molar-refractivity contribution < 1.29 is 77.9 Å². The second-order valence-electron chi connectivity index (χ2n) is 23.1. The molecule has 0 fully saturated rings. The maximum Gasteiger partial charge on any atom is 1.00 e. The Labute approximate surface area is 617 Å². The van der Waals surface area contributed by atoms with E-state index in [4.69, 9.17) is 29.2 Å². The van der Waals surface area contributed by atoms with Crippen molar-refractivity contribution >= 4 is 107 Å². The Hall–Kier alpha value is -7.59. The summed E-state index contributed by atoms with van der Waals surface area (Å²) in [6, 6.07) is 61.1. The Bertz CT molecular complexity index is 4580. The predicted octanol–water partition coefficient (Wildman–Crippen LogP) is 15.6. The molecule has 15 rings (SSSR count). The molecule has 7 heterocycles. The number of aryl methyl sites for hydroxylation is 3. The predicted molar refractivity (Wildman–Crippen MR) is 402 cm³/mol. The van der Waals surface area contributed by atoms with E-state index in [1.807, 2.05) is 55.6 Å². The van der Waals surface area contributed by atoms with E-state index in [-0.39, 0.29) is 63.8 Å². The number of alkyl halides is 4. The van der Waals surface area contributed by atoms with Gasteiger partial charge in [-0.05, 0) is 122 Å². The first-order valence-electron chi connectivity index (χ1n) is 31.4. The number of H-pyrrole nitrogens is 4. The van der Waals surface area contributed by atoms with Crippen LogP contribution in [0, 0.1) is 13.8 Å². The number of pyridine rings is 2. The molecule has 0 amide bonds. The van der Waals surface area contributed by atoms with Crippen LogP contribution >= 0.6 is 32.9 Å². The molecule has 2 unspecified atom stereocenters. The molecule has 20 heteroatoms. The van der Waals surface area contributed by atoms with Crippen LogP contribution in [0.25, 0.3) is 65.4 Å². The van der Waals surface area contributed by atoms with Gasteiger partial charge in [-0.25, -0.2) is 0 Å². The summed E-state index contributed by atoms with van der Waals surface area (Å²) in [6.07, 6.45) is 4.53. The number of benzene rings is 7. The molecule has 0 bridgehead atoms. The number of hydrogen-bond acceptors (Lipinski definition) is 8. The van der Waals surface area contributed by atoms with Gasteiger partial charge in [0.15, 0.2) is 12.7 Å². The number of aromatic nitrogens is 6. The van der Waals surface area contributed by atoms with Crippen molar-refractivity contribution in [3.63, 3.8) is 0 Å². The van der Waals surface area contributed by atoms with Crippen LogP contribution in [0.1, 0.15) is 98.1 Å². The number of aliphatic hydroxyl groups is 2.